The molecule has 0 N–H and O–H groups in total. The molecule has 0 radical (unpaired) electrons. The van der Waals surface area contributed by atoms with Gasteiger partial charge >= 0.3 is 0 Å². The summed E-state index contributed by atoms with van der Waals surface area (Å²) >= 11 is 1.75. The number of hydrogen-bond acceptors (Lipinski definition) is 6. The van der Waals surface area contributed by atoms with E-state index in [1.165, 1.54) is 15.5 Å². The molecule has 0 amide bonds. The highest BCUT2D eigenvalue weighted by Gasteiger charge is 2.19. The molecule has 7 heteroatoms. The van der Waals surface area contributed by atoms with Gasteiger partial charge in [0, 0.05) is 49.4 Å². The molecule has 206 valence electrons. The number of fused-ring (bicyclic) bond motifs is 7. The van der Waals surface area contributed by atoms with E-state index in [-0.39, 0.29) is 0 Å². The molecular formula is C37H22N6S. The molecule has 4 heterocycles. The van der Waals surface area contributed by atoms with Crippen molar-refractivity contribution in [2.45, 2.75) is 0 Å². The van der Waals surface area contributed by atoms with Gasteiger partial charge in [-0.3, -0.25) is 0 Å². The molecule has 0 spiro atoms. The van der Waals surface area contributed by atoms with E-state index in [4.69, 9.17) is 15.0 Å². The summed E-state index contributed by atoms with van der Waals surface area (Å²) in [6.07, 6.45) is 3.53. The zero-order valence-electron chi connectivity index (χ0n) is 23.3. The van der Waals surface area contributed by atoms with Crippen LogP contribution >= 0.6 is 11.3 Å². The Morgan fingerprint density at radius 1 is 0.545 bits per heavy atom. The van der Waals surface area contributed by atoms with Crippen LogP contribution in [0.25, 0.3) is 82.0 Å². The topological polar surface area (TPSA) is 69.4 Å². The van der Waals surface area contributed by atoms with Crippen molar-refractivity contribution in [1.82, 2.24) is 29.5 Å². The van der Waals surface area contributed by atoms with Gasteiger partial charge in [0.1, 0.15) is 6.33 Å². The highest BCUT2D eigenvalue weighted by atomic mass is 32.1. The predicted octanol–water partition coefficient (Wildman–Crippen LogP) is 9.13. The van der Waals surface area contributed by atoms with Crippen molar-refractivity contribution in [3.8, 4) is 39.9 Å². The highest BCUT2D eigenvalue weighted by molar-refractivity contribution is 7.26. The van der Waals surface area contributed by atoms with Crippen LogP contribution in [0.4, 0.5) is 0 Å². The summed E-state index contributed by atoms with van der Waals surface area (Å²) in [6, 6.07) is 41.6. The Kier molecular flexibility index (Phi) is 5.57. The van der Waals surface area contributed by atoms with Crippen molar-refractivity contribution >= 4 is 53.4 Å². The molecule has 0 aliphatic heterocycles. The second-order valence-electron chi connectivity index (χ2n) is 10.6. The summed E-state index contributed by atoms with van der Waals surface area (Å²) in [5.74, 6) is 1.92. The zero-order chi connectivity index (χ0) is 29.0. The molecular weight excluding hydrogens is 561 g/mol. The van der Waals surface area contributed by atoms with Crippen molar-refractivity contribution in [2.75, 3.05) is 0 Å². The highest BCUT2D eigenvalue weighted by Crippen LogP contribution is 2.42. The van der Waals surface area contributed by atoms with E-state index < -0.39 is 0 Å². The molecule has 0 unspecified atom stereocenters. The van der Waals surface area contributed by atoms with Crippen molar-refractivity contribution in [2.24, 2.45) is 0 Å². The van der Waals surface area contributed by atoms with Gasteiger partial charge in [0.05, 0.1) is 21.3 Å². The van der Waals surface area contributed by atoms with Crippen molar-refractivity contribution in [3.63, 3.8) is 0 Å². The van der Waals surface area contributed by atoms with Crippen molar-refractivity contribution < 1.29 is 0 Å². The van der Waals surface area contributed by atoms with Crippen LogP contribution in [0.2, 0.25) is 0 Å². The van der Waals surface area contributed by atoms with Crippen LogP contribution in [0.15, 0.2) is 134 Å². The number of hydrogen-bond donors (Lipinski definition) is 0. The Hall–Kier alpha value is -5.79. The molecule has 0 saturated heterocycles. The largest absolute Gasteiger partial charge is 0.309 e. The number of para-hydroxylation sites is 1. The fourth-order valence-electron chi connectivity index (χ4n) is 6.02. The van der Waals surface area contributed by atoms with Gasteiger partial charge in [0.15, 0.2) is 17.5 Å². The Morgan fingerprint density at radius 3 is 1.95 bits per heavy atom. The van der Waals surface area contributed by atoms with Crippen LogP contribution in [0.3, 0.4) is 0 Å². The second kappa shape index (κ2) is 9.90. The summed E-state index contributed by atoms with van der Waals surface area (Å²) in [6.45, 7) is 0. The van der Waals surface area contributed by atoms with Gasteiger partial charge < -0.3 is 4.57 Å². The van der Waals surface area contributed by atoms with Gasteiger partial charge in [-0.15, -0.1) is 11.3 Å². The fraction of sp³-hybridized carbons (Fsp3) is 0. The first kappa shape index (κ1) is 24.8. The minimum absolute atomic E-state index is 0.630. The zero-order valence-corrected chi connectivity index (χ0v) is 24.1. The summed E-state index contributed by atoms with van der Waals surface area (Å²) in [7, 11) is 0. The summed E-state index contributed by atoms with van der Waals surface area (Å²) in [5, 5.41) is 3.59. The quantitative estimate of drug-likeness (QED) is 0.207. The average Bonchev–Trinajstić information content (AvgIpc) is 3.65. The van der Waals surface area contributed by atoms with Crippen LogP contribution in [-0.4, -0.2) is 29.5 Å². The van der Waals surface area contributed by atoms with E-state index in [2.05, 4.69) is 75.2 Å². The van der Waals surface area contributed by atoms with Crippen molar-refractivity contribution in [1.29, 1.82) is 0 Å². The summed E-state index contributed by atoms with van der Waals surface area (Å²) in [4.78, 5) is 23.7. The van der Waals surface area contributed by atoms with Gasteiger partial charge in [-0.25, -0.2) is 24.9 Å². The van der Waals surface area contributed by atoms with Gasteiger partial charge in [-0.05, 0) is 30.3 Å². The molecule has 6 nitrogen and oxygen atoms in total. The monoisotopic (exact) mass is 582 g/mol. The summed E-state index contributed by atoms with van der Waals surface area (Å²) in [5.41, 5.74) is 7.13. The molecule has 0 fully saturated rings. The van der Waals surface area contributed by atoms with Crippen LogP contribution in [0, 0.1) is 0 Å². The Labute approximate surface area is 256 Å². The Morgan fingerprint density at radius 2 is 1.20 bits per heavy atom. The van der Waals surface area contributed by atoms with E-state index in [1.807, 2.05) is 66.9 Å². The molecule has 0 saturated carbocycles. The Balaban J connectivity index is 1.27. The molecule has 0 aliphatic carbocycles. The van der Waals surface area contributed by atoms with Gasteiger partial charge in [-0.2, -0.15) is 0 Å². The van der Waals surface area contributed by atoms with Crippen molar-refractivity contribution in [3.05, 3.63) is 134 Å². The first-order valence-corrected chi connectivity index (χ1v) is 15.2. The van der Waals surface area contributed by atoms with E-state index in [0.717, 1.165) is 49.0 Å². The fourth-order valence-corrected chi connectivity index (χ4v) is 7.21. The van der Waals surface area contributed by atoms with Gasteiger partial charge in [0.25, 0.3) is 0 Å². The van der Waals surface area contributed by atoms with Gasteiger partial charge in [0.2, 0.25) is 0 Å². The minimum atomic E-state index is 0.630. The van der Waals surface area contributed by atoms with E-state index in [0.29, 0.717) is 17.5 Å². The lowest BCUT2D eigenvalue weighted by molar-refractivity contribution is 1.07. The van der Waals surface area contributed by atoms with Crippen LogP contribution in [0.1, 0.15) is 0 Å². The van der Waals surface area contributed by atoms with E-state index >= 15 is 0 Å². The second-order valence-corrected chi connectivity index (χ2v) is 11.7. The lowest BCUT2D eigenvalue weighted by atomic mass is 10.1. The third-order valence-corrected chi connectivity index (χ3v) is 9.15. The van der Waals surface area contributed by atoms with Crippen LogP contribution in [0.5, 0.6) is 0 Å². The molecule has 0 atom stereocenters. The third kappa shape index (κ3) is 3.91. The van der Waals surface area contributed by atoms with Gasteiger partial charge in [-0.1, -0.05) is 91.0 Å². The minimum Gasteiger partial charge on any atom is -0.309 e. The molecule has 9 aromatic rings. The van der Waals surface area contributed by atoms with E-state index in [1.54, 1.807) is 17.7 Å². The molecule has 5 aromatic carbocycles. The standard InChI is InChI=1S/C37H22N6S/c1-3-10-23(11-4-1)35-40-36(24-12-5-2-6-13-24)42-37(41-35)25-14-9-15-26(20-25)43-29-17-8-7-16-27(29)32-30(43)19-18-28-33-31(44-34(28)32)21-38-22-39-33/h1-22H. The van der Waals surface area contributed by atoms with Crippen LogP contribution < -0.4 is 0 Å². The first-order valence-electron chi connectivity index (χ1n) is 14.3. The number of benzene rings is 5. The normalized spacial score (nSPS) is 11.6. The maximum absolute atomic E-state index is 4.97. The maximum Gasteiger partial charge on any atom is 0.164 e. The summed E-state index contributed by atoms with van der Waals surface area (Å²) < 4.78 is 4.65. The molecule has 4 aromatic heterocycles. The molecule has 0 bridgehead atoms. The lowest BCUT2D eigenvalue weighted by Gasteiger charge is -2.11. The lowest BCUT2D eigenvalue weighted by Crippen LogP contribution is -2.01. The van der Waals surface area contributed by atoms with Crippen LogP contribution in [-0.2, 0) is 0 Å². The Bertz CT molecular complexity index is 2440. The number of rotatable bonds is 4. The first-order chi connectivity index (χ1) is 21.8. The predicted molar refractivity (Wildman–Crippen MR) is 179 cm³/mol. The molecule has 44 heavy (non-hydrogen) atoms. The molecule has 9 rings (SSSR count). The molecule has 0 aliphatic rings. The smallest absolute Gasteiger partial charge is 0.164 e. The average molecular weight is 583 g/mol. The number of nitrogens with zero attached hydrogens (tertiary/aromatic N) is 6. The SMILES string of the molecule is c1ccc(-c2nc(-c3ccccc3)nc(-c3cccc(-n4c5ccccc5c5c6sc7cncnc7c6ccc54)c3)n2)cc1. The number of thiophene rings is 1. The van der Waals surface area contributed by atoms with E-state index in [9.17, 15) is 0 Å². The third-order valence-electron chi connectivity index (χ3n) is 8.00. The maximum atomic E-state index is 4.97. The number of aromatic nitrogens is 6.